The second-order valence-corrected chi connectivity index (χ2v) is 11.3. The Bertz CT molecular complexity index is 1390. The Morgan fingerprint density at radius 1 is 1.21 bits per heavy atom. The molecule has 1 saturated heterocycles. The highest BCUT2D eigenvalue weighted by atomic mass is 31.2. The Morgan fingerprint density at radius 2 is 1.88 bits per heavy atom. The summed E-state index contributed by atoms with van der Waals surface area (Å²) in [6.07, 6.45) is -4.01. The average Bonchev–Trinajstić information content (AvgIpc) is 3.38. The molecule has 3 heterocycles. The van der Waals surface area contributed by atoms with Gasteiger partial charge in [-0.2, -0.15) is 15.0 Å². The molecule has 0 radical (unpaired) electrons. The molecule has 2 N–H and O–H groups in total. The van der Waals surface area contributed by atoms with E-state index in [1.165, 1.54) is 4.68 Å². The number of carbonyl (C=O) groups excluding carboxylic acids is 2. The van der Waals surface area contributed by atoms with E-state index in [0.717, 1.165) is 25.0 Å². The molecule has 3 rings (SSSR count). The number of ether oxygens (including phenoxy) is 4. The number of carboxylic acid groups (broad SMARTS) is 1. The largest absolute Gasteiger partial charge is 0.479 e. The summed E-state index contributed by atoms with van der Waals surface area (Å²) in [6.45, 7) is 6.85. The van der Waals surface area contributed by atoms with Crippen LogP contribution in [0.25, 0.3) is 11.0 Å². The molecule has 0 bridgehead atoms. The first-order valence-corrected chi connectivity index (χ1v) is 14.4. The van der Waals surface area contributed by atoms with Crippen LogP contribution < -0.4 is 10.6 Å². The third-order valence-electron chi connectivity index (χ3n) is 5.86. The number of aromatic nitrogens is 5. The number of nitrogens with one attached hydrogen (secondary N) is 1. The lowest BCUT2D eigenvalue weighted by Crippen LogP contribution is -2.43. The van der Waals surface area contributed by atoms with Gasteiger partial charge in [-0.3, -0.25) is 24.2 Å². The van der Waals surface area contributed by atoms with Crippen LogP contribution in [0.4, 0.5) is 0 Å². The Kier molecular flexibility index (Phi) is 11.4. The van der Waals surface area contributed by atoms with Crippen molar-refractivity contribution in [3.8, 4) is 6.07 Å². The second-order valence-electron chi connectivity index (χ2n) is 9.63. The predicted molar refractivity (Wildman–Crippen MR) is 144 cm³/mol. The number of hydrogen-bond donors (Lipinski definition) is 2. The van der Waals surface area contributed by atoms with Crippen molar-refractivity contribution in [3.05, 3.63) is 16.0 Å². The average molecular weight is 612 g/mol. The summed E-state index contributed by atoms with van der Waals surface area (Å²) < 4.78 is 30.2. The number of aliphatic carboxylic acids is 1. The summed E-state index contributed by atoms with van der Waals surface area (Å²) in [5.41, 5.74) is 0.380. The van der Waals surface area contributed by atoms with Crippen molar-refractivity contribution in [1.29, 1.82) is 5.26 Å². The standard InChI is InChI=1S/C24H34N7O10P/c1-7-8-15-17-18(30(6)27-15)21(34)31(29-26-17)22-20(40-14(5)33)19(39-13(4)32)16(41-22)11-37-24(23(35)36)42(28-12(2)3)38-10-9-25/h12,16,19-20,22,24,28H,7-8,10-11H2,1-6H3,(H,35,36). The lowest BCUT2D eigenvalue weighted by atomic mass is 10.1. The quantitative estimate of drug-likeness (QED) is 0.220. The molecule has 1 aliphatic heterocycles. The number of rotatable bonds is 14. The van der Waals surface area contributed by atoms with Crippen molar-refractivity contribution in [2.45, 2.75) is 83.9 Å². The van der Waals surface area contributed by atoms with Crippen molar-refractivity contribution >= 4 is 37.2 Å². The summed E-state index contributed by atoms with van der Waals surface area (Å²) >= 11 is 0. The van der Waals surface area contributed by atoms with Crippen molar-refractivity contribution in [2.75, 3.05) is 13.2 Å². The van der Waals surface area contributed by atoms with Gasteiger partial charge in [0.2, 0.25) is 5.85 Å². The van der Waals surface area contributed by atoms with E-state index in [2.05, 4.69) is 20.5 Å². The normalized spacial score (nSPS) is 21.7. The van der Waals surface area contributed by atoms with Gasteiger partial charge in [0.15, 0.2) is 24.0 Å². The summed E-state index contributed by atoms with van der Waals surface area (Å²) in [4.78, 5) is 49.8. The van der Waals surface area contributed by atoms with Gasteiger partial charge in [0.1, 0.15) is 26.5 Å². The fourth-order valence-electron chi connectivity index (χ4n) is 4.37. The third kappa shape index (κ3) is 7.64. The number of aryl methyl sites for hydroxylation is 2. The van der Waals surface area contributed by atoms with Gasteiger partial charge in [-0.05, 0) is 20.3 Å². The maximum absolute atomic E-state index is 13.6. The van der Waals surface area contributed by atoms with Gasteiger partial charge in [-0.15, -0.1) is 5.10 Å². The van der Waals surface area contributed by atoms with Crippen molar-refractivity contribution in [1.82, 2.24) is 29.9 Å². The van der Waals surface area contributed by atoms with Crippen LogP contribution in [0.2, 0.25) is 0 Å². The number of esters is 2. The molecule has 17 nitrogen and oxygen atoms in total. The summed E-state index contributed by atoms with van der Waals surface area (Å²) in [5, 5.41) is 34.3. The van der Waals surface area contributed by atoms with Gasteiger partial charge in [0, 0.05) is 26.9 Å². The lowest BCUT2D eigenvalue weighted by molar-refractivity contribution is -0.166. The molecule has 0 aromatic carbocycles. The topological polar surface area (TPSA) is 219 Å². The zero-order valence-electron chi connectivity index (χ0n) is 24.0. The molecule has 42 heavy (non-hydrogen) atoms. The molecule has 0 amide bonds. The highest BCUT2D eigenvalue weighted by Gasteiger charge is 2.52. The van der Waals surface area contributed by atoms with Gasteiger partial charge < -0.3 is 28.6 Å². The Labute approximate surface area is 241 Å². The zero-order valence-corrected chi connectivity index (χ0v) is 24.9. The molecule has 230 valence electrons. The Morgan fingerprint density at radius 3 is 2.45 bits per heavy atom. The molecule has 2 aromatic rings. The number of carbonyl (C=O) groups is 3. The van der Waals surface area contributed by atoms with Crippen LogP contribution in [-0.4, -0.2) is 91.2 Å². The SMILES string of the molecule is CCCc1nn(C)c2c(=O)n(C3OC(COC(C(=O)O)P(NC(C)C)OCC#N)C(OC(C)=O)C3OC(C)=O)nnc12. The number of fused-ring (bicyclic) bond motifs is 1. The van der Waals surface area contributed by atoms with E-state index >= 15 is 0 Å². The molecule has 6 unspecified atom stereocenters. The van der Waals surface area contributed by atoms with E-state index < -0.39 is 68.8 Å². The molecule has 6 atom stereocenters. The van der Waals surface area contributed by atoms with Gasteiger partial charge in [0.05, 0.1) is 18.4 Å². The minimum atomic E-state index is -2.00. The maximum atomic E-state index is 13.6. The zero-order chi connectivity index (χ0) is 31.1. The number of hydrogen-bond acceptors (Lipinski definition) is 14. The molecule has 0 saturated carbocycles. The van der Waals surface area contributed by atoms with Gasteiger partial charge >= 0.3 is 17.9 Å². The van der Waals surface area contributed by atoms with Crippen LogP contribution in [0, 0.1) is 11.3 Å². The smallest absolute Gasteiger partial charge is 0.341 e. The van der Waals surface area contributed by atoms with Crippen molar-refractivity contribution < 1.29 is 43.0 Å². The van der Waals surface area contributed by atoms with Crippen LogP contribution in [0.1, 0.15) is 53.0 Å². The third-order valence-corrected chi connectivity index (χ3v) is 7.83. The van der Waals surface area contributed by atoms with Crippen molar-refractivity contribution in [3.63, 3.8) is 0 Å². The monoisotopic (exact) mass is 611 g/mol. The van der Waals surface area contributed by atoms with E-state index in [0.29, 0.717) is 17.6 Å². The van der Waals surface area contributed by atoms with E-state index in [1.54, 1.807) is 27.0 Å². The number of nitrogens with zero attached hydrogens (tertiary/aromatic N) is 6. The minimum absolute atomic E-state index is 0.133. The fraction of sp³-hybridized carbons (Fsp3) is 0.667. The highest BCUT2D eigenvalue weighted by Crippen LogP contribution is 2.41. The molecule has 0 aliphatic carbocycles. The minimum Gasteiger partial charge on any atom is -0.479 e. The summed E-state index contributed by atoms with van der Waals surface area (Å²) in [6, 6.07) is 1.58. The molecule has 0 spiro atoms. The molecule has 2 aromatic heterocycles. The van der Waals surface area contributed by atoms with Crippen LogP contribution in [0.15, 0.2) is 4.79 Å². The molecule has 1 fully saturated rings. The van der Waals surface area contributed by atoms with Crippen LogP contribution in [0.3, 0.4) is 0 Å². The van der Waals surface area contributed by atoms with Crippen LogP contribution >= 0.6 is 8.30 Å². The molecular weight excluding hydrogens is 577 g/mol. The van der Waals surface area contributed by atoms with Gasteiger partial charge in [-0.1, -0.05) is 18.6 Å². The second kappa shape index (κ2) is 14.6. The first-order chi connectivity index (χ1) is 19.9. The first-order valence-electron chi connectivity index (χ1n) is 13.1. The van der Waals surface area contributed by atoms with Crippen LogP contribution in [0.5, 0.6) is 0 Å². The first kappa shape index (κ1) is 33.0. The number of carboxylic acids is 1. The molecular formula is C24H34N7O10P. The Balaban J connectivity index is 2.00. The fourth-order valence-corrected chi connectivity index (χ4v) is 5.84. The predicted octanol–water partition coefficient (Wildman–Crippen LogP) is 0.516. The lowest BCUT2D eigenvalue weighted by Gasteiger charge is -2.27. The van der Waals surface area contributed by atoms with E-state index in [1.807, 2.05) is 6.92 Å². The molecule has 1 aliphatic rings. The van der Waals surface area contributed by atoms with Gasteiger partial charge in [-0.25, -0.2) is 4.79 Å². The summed E-state index contributed by atoms with van der Waals surface area (Å²) in [5.74, 6) is -4.46. The van der Waals surface area contributed by atoms with Crippen LogP contribution in [-0.2, 0) is 51.3 Å². The van der Waals surface area contributed by atoms with Crippen molar-refractivity contribution in [2.24, 2.45) is 7.05 Å². The van der Waals surface area contributed by atoms with E-state index in [9.17, 15) is 24.3 Å². The summed E-state index contributed by atoms with van der Waals surface area (Å²) in [7, 11) is -0.420. The maximum Gasteiger partial charge on any atom is 0.341 e. The molecule has 18 heteroatoms. The number of nitriles is 1. The van der Waals surface area contributed by atoms with E-state index in [-0.39, 0.29) is 18.2 Å². The Hall–Kier alpha value is -3.55. The highest BCUT2D eigenvalue weighted by molar-refractivity contribution is 7.52. The van der Waals surface area contributed by atoms with E-state index in [4.69, 9.17) is 28.7 Å². The van der Waals surface area contributed by atoms with Gasteiger partial charge in [0.25, 0.3) is 5.56 Å².